The van der Waals surface area contributed by atoms with Crippen molar-refractivity contribution >= 4 is 0 Å². The fourth-order valence-corrected chi connectivity index (χ4v) is 1.93. The summed E-state index contributed by atoms with van der Waals surface area (Å²) in [4.78, 5) is 2.32. The van der Waals surface area contributed by atoms with Crippen molar-refractivity contribution in [3.8, 4) is 0 Å². The Balaban J connectivity index is 1.81. The largest absolute Gasteiger partial charge is 0.468 e. The summed E-state index contributed by atoms with van der Waals surface area (Å²) in [5.74, 6) is 0.997. The van der Waals surface area contributed by atoms with Gasteiger partial charge < -0.3 is 9.73 Å². The highest BCUT2D eigenvalue weighted by Gasteiger charge is 2.07. The van der Waals surface area contributed by atoms with Crippen LogP contribution in [0.25, 0.3) is 0 Å². The van der Waals surface area contributed by atoms with E-state index in [2.05, 4.69) is 27.5 Å². The molecule has 2 rings (SSSR count). The summed E-state index contributed by atoms with van der Waals surface area (Å²) in [6.07, 6.45) is 3.70. The molecule has 0 bridgehead atoms. The van der Waals surface area contributed by atoms with Crippen LogP contribution in [0.4, 0.5) is 0 Å². The molecule has 2 aromatic rings. The SMILES string of the molecule is CCN(CCn1cc(CNC)nn1)Cc1ccco1. The lowest BCUT2D eigenvalue weighted by molar-refractivity contribution is 0.242. The van der Waals surface area contributed by atoms with Crippen molar-refractivity contribution in [2.75, 3.05) is 20.1 Å². The highest BCUT2D eigenvalue weighted by atomic mass is 16.3. The van der Waals surface area contributed by atoms with Crippen LogP contribution in [-0.4, -0.2) is 40.0 Å². The first kappa shape index (κ1) is 13.8. The molecule has 1 N–H and O–H groups in total. The van der Waals surface area contributed by atoms with Crippen LogP contribution in [0, 0.1) is 0 Å². The molecular weight excluding hydrogens is 242 g/mol. The number of rotatable bonds is 8. The van der Waals surface area contributed by atoms with Crippen LogP contribution in [-0.2, 0) is 19.6 Å². The summed E-state index contributed by atoms with van der Waals surface area (Å²) in [6, 6.07) is 3.92. The second kappa shape index (κ2) is 7.06. The minimum absolute atomic E-state index is 0.754. The van der Waals surface area contributed by atoms with Crippen molar-refractivity contribution in [1.29, 1.82) is 0 Å². The Kier molecular flexibility index (Phi) is 5.11. The molecule has 0 aliphatic carbocycles. The fourth-order valence-electron chi connectivity index (χ4n) is 1.93. The molecule has 0 fully saturated rings. The molecule has 19 heavy (non-hydrogen) atoms. The molecule has 0 aliphatic rings. The maximum Gasteiger partial charge on any atom is 0.117 e. The zero-order valence-electron chi connectivity index (χ0n) is 11.5. The third-order valence-corrected chi connectivity index (χ3v) is 3.00. The van der Waals surface area contributed by atoms with Crippen LogP contribution in [0.3, 0.4) is 0 Å². The highest BCUT2D eigenvalue weighted by Crippen LogP contribution is 2.05. The number of hydrogen-bond acceptors (Lipinski definition) is 5. The summed E-state index contributed by atoms with van der Waals surface area (Å²) in [6.45, 7) is 6.49. The topological polar surface area (TPSA) is 59.1 Å². The second-order valence-corrected chi connectivity index (χ2v) is 4.45. The summed E-state index contributed by atoms with van der Waals surface area (Å²) in [5, 5.41) is 11.3. The van der Waals surface area contributed by atoms with Crippen LogP contribution in [0.5, 0.6) is 0 Å². The van der Waals surface area contributed by atoms with Crippen LogP contribution in [0.1, 0.15) is 18.4 Å². The van der Waals surface area contributed by atoms with Crippen molar-refractivity contribution in [2.24, 2.45) is 0 Å². The zero-order valence-corrected chi connectivity index (χ0v) is 11.5. The molecule has 0 aromatic carbocycles. The van der Waals surface area contributed by atoms with Crippen LogP contribution in [0.2, 0.25) is 0 Å². The molecule has 0 amide bonds. The lowest BCUT2D eigenvalue weighted by Gasteiger charge is -2.18. The Morgan fingerprint density at radius 3 is 3.05 bits per heavy atom. The van der Waals surface area contributed by atoms with E-state index < -0.39 is 0 Å². The van der Waals surface area contributed by atoms with Crippen LogP contribution in [0.15, 0.2) is 29.0 Å². The van der Waals surface area contributed by atoms with E-state index >= 15 is 0 Å². The van der Waals surface area contributed by atoms with Crippen molar-refractivity contribution in [3.63, 3.8) is 0 Å². The van der Waals surface area contributed by atoms with Gasteiger partial charge in [-0.1, -0.05) is 12.1 Å². The standard InChI is InChI=1S/C13H21N5O/c1-3-17(11-13-5-4-8-19-13)6-7-18-10-12(9-14-2)15-16-18/h4-5,8,10,14H,3,6-7,9,11H2,1-2H3. The van der Waals surface area contributed by atoms with Crippen molar-refractivity contribution in [3.05, 3.63) is 36.0 Å². The van der Waals surface area contributed by atoms with E-state index in [1.165, 1.54) is 0 Å². The van der Waals surface area contributed by atoms with Gasteiger partial charge in [-0.15, -0.1) is 5.10 Å². The van der Waals surface area contributed by atoms with Gasteiger partial charge in [0.15, 0.2) is 0 Å². The summed E-state index contributed by atoms with van der Waals surface area (Å²) >= 11 is 0. The van der Waals surface area contributed by atoms with Gasteiger partial charge in [0.25, 0.3) is 0 Å². The van der Waals surface area contributed by atoms with Crippen LogP contribution < -0.4 is 5.32 Å². The Morgan fingerprint density at radius 1 is 1.47 bits per heavy atom. The minimum atomic E-state index is 0.754. The smallest absolute Gasteiger partial charge is 0.117 e. The Bertz CT molecular complexity index is 465. The molecule has 0 aliphatic heterocycles. The molecule has 0 radical (unpaired) electrons. The third kappa shape index (κ3) is 4.18. The van der Waals surface area contributed by atoms with E-state index in [4.69, 9.17) is 4.42 Å². The lowest BCUT2D eigenvalue weighted by Crippen LogP contribution is -2.27. The average Bonchev–Trinajstić information content (AvgIpc) is 3.06. The Morgan fingerprint density at radius 2 is 2.37 bits per heavy atom. The number of likely N-dealkylation sites (N-methyl/N-ethyl adjacent to an activating group) is 1. The predicted octanol–water partition coefficient (Wildman–Crippen LogP) is 1.11. The van der Waals surface area contributed by atoms with Crippen LogP contribution >= 0.6 is 0 Å². The van der Waals surface area contributed by atoms with Gasteiger partial charge in [0.05, 0.1) is 25.0 Å². The summed E-state index contributed by atoms with van der Waals surface area (Å²) in [5.41, 5.74) is 0.969. The molecule has 2 heterocycles. The van der Waals surface area contributed by atoms with Gasteiger partial charge in [-0.25, -0.2) is 0 Å². The van der Waals surface area contributed by atoms with Gasteiger partial charge in [-0.2, -0.15) is 0 Å². The molecule has 0 spiro atoms. The quantitative estimate of drug-likeness (QED) is 0.773. The molecule has 6 nitrogen and oxygen atoms in total. The number of nitrogens with zero attached hydrogens (tertiary/aromatic N) is 4. The molecule has 6 heteroatoms. The first-order valence-corrected chi connectivity index (χ1v) is 6.60. The molecule has 0 saturated carbocycles. The van der Waals surface area contributed by atoms with Gasteiger partial charge in [-0.3, -0.25) is 9.58 Å². The van der Waals surface area contributed by atoms with E-state index in [1.807, 2.05) is 30.1 Å². The summed E-state index contributed by atoms with van der Waals surface area (Å²) in [7, 11) is 1.90. The fraction of sp³-hybridized carbons (Fsp3) is 0.538. The normalized spacial score (nSPS) is 11.3. The predicted molar refractivity (Wildman–Crippen MR) is 72.4 cm³/mol. The first-order valence-electron chi connectivity index (χ1n) is 6.60. The Labute approximate surface area is 113 Å². The van der Waals surface area contributed by atoms with Gasteiger partial charge in [0.1, 0.15) is 5.76 Å². The maximum absolute atomic E-state index is 5.37. The lowest BCUT2D eigenvalue weighted by atomic mass is 10.4. The minimum Gasteiger partial charge on any atom is -0.468 e. The van der Waals surface area contributed by atoms with Gasteiger partial charge in [-0.05, 0) is 25.7 Å². The van der Waals surface area contributed by atoms with Crippen molar-refractivity contribution < 1.29 is 4.42 Å². The highest BCUT2D eigenvalue weighted by molar-refractivity contribution is 4.97. The Hall–Kier alpha value is -1.66. The average molecular weight is 263 g/mol. The van der Waals surface area contributed by atoms with Crippen molar-refractivity contribution in [2.45, 2.75) is 26.6 Å². The maximum atomic E-state index is 5.37. The second-order valence-electron chi connectivity index (χ2n) is 4.45. The molecule has 104 valence electrons. The first-order chi connectivity index (χ1) is 9.31. The summed E-state index contributed by atoms with van der Waals surface area (Å²) < 4.78 is 7.26. The number of furan rings is 1. The molecular formula is C13H21N5O. The van der Waals surface area contributed by atoms with Gasteiger partial charge >= 0.3 is 0 Å². The number of hydrogen-bond donors (Lipinski definition) is 1. The zero-order chi connectivity index (χ0) is 13.5. The van der Waals surface area contributed by atoms with E-state index in [0.29, 0.717) is 0 Å². The monoisotopic (exact) mass is 263 g/mol. The van der Waals surface area contributed by atoms with Gasteiger partial charge in [0, 0.05) is 19.3 Å². The third-order valence-electron chi connectivity index (χ3n) is 3.00. The van der Waals surface area contributed by atoms with E-state index in [1.54, 1.807) is 6.26 Å². The number of aromatic nitrogens is 3. The molecule has 0 atom stereocenters. The van der Waals surface area contributed by atoms with E-state index in [-0.39, 0.29) is 0 Å². The van der Waals surface area contributed by atoms with E-state index in [0.717, 1.165) is 44.2 Å². The van der Waals surface area contributed by atoms with Crippen molar-refractivity contribution in [1.82, 2.24) is 25.2 Å². The molecule has 0 saturated heterocycles. The van der Waals surface area contributed by atoms with Gasteiger partial charge in [0.2, 0.25) is 0 Å². The number of nitrogens with one attached hydrogen (secondary N) is 1. The van der Waals surface area contributed by atoms with E-state index in [9.17, 15) is 0 Å². The molecule has 2 aromatic heterocycles. The molecule has 0 unspecified atom stereocenters.